The molecule has 92 valence electrons. The summed E-state index contributed by atoms with van der Waals surface area (Å²) in [4.78, 5) is 25.0. The molecule has 1 aliphatic rings. The minimum atomic E-state index is -1.21. The third-order valence-electron chi connectivity index (χ3n) is 3.32. The second-order valence-electron chi connectivity index (χ2n) is 4.59. The Bertz CT molecular complexity index is 520. The molecule has 0 saturated carbocycles. The maximum Gasteiger partial charge on any atom is 0.341 e. The molecule has 0 unspecified atom stereocenters. The van der Waals surface area contributed by atoms with E-state index in [0.29, 0.717) is 13.0 Å². The number of ether oxygens (including phenoxy) is 1. The summed E-state index contributed by atoms with van der Waals surface area (Å²) in [5.74, 6) is -1.21. The minimum absolute atomic E-state index is 0.229. The molecule has 0 fully saturated rings. The first-order valence-corrected chi connectivity index (χ1v) is 5.57. The van der Waals surface area contributed by atoms with Gasteiger partial charge in [0.2, 0.25) is 0 Å². The molecule has 1 aromatic heterocycles. The first-order chi connectivity index (χ1) is 7.95. The Morgan fingerprint density at radius 3 is 2.94 bits per heavy atom. The first kappa shape index (κ1) is 11.9. The number of H-pyrrole nitrogens is 1. The van der Waals surface area contributed by atoms with Gasteiger partial charge in [0.15, 0.2) is 0 Å². The van der Waals surface area contributed by atoms with Gasteiger partial charge in [-0.25, -0.2) is 4.79 Å². The zero-order valence-electron chi connectivity index (χ0n) is 9.87. The van der Waals surface area contributed by atoms with Crippen molar-refractivity contribution in [1.29, 1.82) is 0 Å². The number of nitrogens with one attached hydrogen (secondary N) is 1. The van der Waals surface area contributed by atoms with Crippen LogP contribution >= 0.6 is 0 Å². The fraction of sp³-hybridized carbons (Fsp3) is 0.500. The molecule has 1 aromatic rings. The van der Waals surface area contributed by atoms with E-state index in [1.165, 1.54) is 6.07 Å². The van der Waals surface area contributed by atoms with Crippen molar-refractivity contribution in [3.05, 3.63) is 33.2 Å². The third-order valence-corrected chi connectivity index (χ3v) is 3.32. The van der Waals surface area contributed by atoms with E-state index in [4.69, 9.17) is 9.84 Å². The Hall–Kier alpha value is -1.62. The number of carbonyl (C=O) groups is 1. The summed E-state index contributed by atoms with van der Waals surface area (Å²) in [5, 5.41) is 8.86. The summed E-state index contributed by atoms with van der Waals surface area (Å²) in [6.45, 7) is 4.35. The smallest absolute Gasteiger partial charge is 0.341 e. The summed E-state index contributed by atoms with van der Waals surface area (Å²) >= 11 is 0. The van der Waals surface area contributed by atoms with E-state index in [-0.39, 0.29) is 11.2 Å². The Balaban J connectivity index is 2.46. The second-order valence-corrected chi connectivity index (χ2v) is 4.59. The molecule has 5 heteroatoms. The first-order valence-electron chi connectivity index (χ1n) is 5.57. The molecule has 0 aliphatic carbocycles. The molecule has 1 aliphatic heterocycles. The van der Waals surface area contributed by atoms with Gasteiger partial charge in [-0.1, -0.05) is 6.92 Å². The normalized spacial score (nSPS) is 23.2. The average Bonchev–Trinajstić information content (AvgIpc) is 2.27. The fourth-order valence-corrected chi connectivity index (χ4v) is 1.96. The van der Waals surface area contributed by atoms with Crippen LogP contribution in [0.15, 0.2) is 10.9 Å². The molecular weight excluding hydrogens is 222 g/mol. The molecular formula is C12H15NO4. The van der Waals surface area contributed by atoms with Crippen LogP contribution in [0.1, 0.15) is 41.9 Å². The quantitative estimate of drug-likeness (QED) is 0.812. The van der Waals surface area contributed by atoms with Crippen LogP contribution in [-0.4, -0.2) is 21.7 Å². The largest absolute Gasteiger partial charge is 0.477 e. The molecule has 0 aromatic carbocycles. The van der Waals surface area contributed by atoms with Gasteiger partial charge < -0.3 is 14.8 Å². The van der Waals surface area contributed by atoms with E-state index in [1.54, 1.807) is 0 Å². The molecule has 0 radical (unpaired) electrons. The highest BCUT2D eigenvalue weighted by Gasteiger charge is 2.30. The fourth-order valence-electron chi connectivity index (χ4n) is 1.96. The number of rotatable bonds is 2. The topological polar surface area (TPSA) is 79.4 Å². The van der Waals surface area contributed by atoms with Gasteiger partial charge in [-0.3, -0.25) is 4.79 Å². The predicted octanol–water partition coefficient (Wildman–Crippen LogP) is 1.31. The van der Waals surface area contributed by atoms with Crippen molar-refractivity contribution in [2.75, 3.05) is 0 Å². The van der Waals surface area contributed by atoms with Crippen molar-refractivity contribution in [2.45, 2.75) is 38.9 Å². The summed E-state index contributed by atoms with van der Waals surface area (Å²) in [6, 6.07) is 1.41. The van der Waals surface area contributed by atoms with Crippen molar-refractivity contribution in [2.24, 2.45) is 0 Å². The maximum absolute atomic E-state index is 11.6. The van der Waals surface area contributed by atoms with Crippen molar-refractivity contribution in [3.8, 4) is 0 Å². The number of aromatic nitrogens is 1. The van der Waals surface area contributed by atoms with Crippen molar-refractivity contribution in [3.63, 3.8) is 0 Å². The van der Waals surface area contributed by atoms with Crippen LogP contribution in [-0.2, 0) is 17.8 Å². The Morgan fingerprint density at radius 2 is 2.35 bits per heavy atom. The SMILES string of the molecule is CC[C@]1(C)Cc2[nH]c(=O)c(C(=O)O)cc2CO1. The minimum Gasteiger partial charge on any atom is -0.477 e. The van der Waals surface area contributed by atoms with Gasteiger partial charge >= 0.3 is 5.97 Å². The van der Waals surface area contributed by atoms with Gasteiger partial charge in [-0.05, 0) is 25.0 Å². The standard InChI is InChI=1S/C12H15NO4/c1-3-12(2)5-9-7(6-17-12)4-8(11(15)16)10(14)13-9/h4H,3,5-6H2,1-2H3,(H,13,14)(H,15,16)/t12-/m1/s1. The zero-order chi connectivity index (χ0) is 12.6. The van der Waals surface area contributed by atoms with Crippen LogP contribution < -0.4 is 5.56 Å². The van der Waals surface area contributed by atoms with Gasteiger partial charge in [0, 0.05) is 12.1 Å². The highest BCUT2D eigenvalue weighted by Crippen LogP contribution is 2.28. The van der Waals surface area contributed by atoms with Gasteiger partial charge in [-0.15, -0.1) is 0 Å². The lowest BCUT2D eigenvalue weighted by Gasteiger charge is -2.34. The van der Waals surface area contributed by atoms with Crippen LogP contribution in [0.2, 0.25) is 0 Å². The monoisotopic (exact) mass is 237 g/mol. The van der Waals surface area contributed by atoms with Crippen molar-refractivity contribution in [1.82, 2.24) is 4.98 Å². The Labute approximate surface area is 98.4 Å². The van der Waals surface area contributed by atoms with Gasteiger partial charge in [0.25, 0.3) is 5.56 Å². The molecule has 0 spiro atoms. The van der Waals surface area contributed by atoms with Crippen LogP contribution in [0.5, 0.6) is 0 Å². The third kappa shape index (κ3) is 2.10. The van der Waals surface area contributed by atoms with E-state index in [0.717, 1.165) is 17.7 Å². The summed E-state index contributed by atoms with van der Waals surface area (Å²) in [6.07, 6.45) is 1.45. The second kappa shape index (κ2) is 4.00. The summed E-state index contributed by atoms with van der Waals surface area (Å²) in [7, 11) is 0. The number of aromatic carboxylic acids is 1. The lowest BCUT2D eigenvalue weighted by molar-refractivity contribution is -0.0575. The number of carboxylic acids is 1. The zero-order valence-corrected chi connectivity index (χ0v) is 9.87. The Morgan fingerprint density at radius 1 is 1.65 bits per heavy atom. The van der Waals surface area contributed by atoms with Gasteiger partial charge in [-0.2, -0.15) is 0 Å². The number of carboxylic acid groups (broad SMARTS) is 1. The molecule has 2 N–H and O–H groups in total. The molecule has 1 atom stereocenters. The molecule has 17 heavy (non-hydrogen) atoms. The highest BCUT2D eigenvalue weighted by atomic mass is 16.5. The van der Waals surface area contributed by atoms with Gasteiger partial charge in [0.05, 0.1) is 12.2 Å². The number of hydrogen-bond donors (Lipinski definition) is 2. The van der Waals surface area contributed by atoms with Gasteiger partial charge in [0.1, 0.15) is 5.56 Å². The van der Waals surface area contributed by atoms with Crippen LogP contribution in [0.3, 0.4) is 0 Å². The van der Waals surface area contributed by atoms with E-state index in [2.05, 4.69) is 4.98 Å². The van der Waals surface area contributed by atoms with E-state index in [9.17, 15) is 9.59 Å². The van der Waals surface area contributed by atoms with E-state index < -0.39 is 11.5 Å². The highest BCUT2D eigenvalue weighted by molar-refractivity contribution is 5.87. The predicted molar refractivity (Wildman–Crippen MR) is 61.2 cm³/mol. The molecule has 5 nitrogen and oxygen atoms in total. The molecule has 0 amide bonds. The molecule has 0 saturated heterocycles. The van der Waals surface area contributed by atoms with Crippen LogP contribution in [0, 0.1) is 0 Å². The Kier molecular flexibility index (Phi) is 2.79. The van der Waals surface area contributed by atoms with E-state index in [1.807, 2.05) is 13.8 Å². The number of pyridine rings is 1. The lowest BCUT2D eigenvalue weighted by atomic mass is 9.91. The van der Waals surface area contributed by atoms with Crippen LogP contribution in [0.25, 0.3) is 0 Å². The summed E-state index contributed by atoms with van der Waals surface area (Å²) in [5.41, 5.74) is 0.494. The van der Waals surface area contributed by atoms with E-state index >= 15 is 0 Å². The lowest BCUT2D eigenvalue weighted by Crippen LogP contribution is -2.37. The number of hydrogen-bond acceptors (Lipinski definition) is 3. The number of fused-ring (bicyclic) bond motifs is 1. The van der Waals surface area contributed by atoms with Crippen molar-refractivity contribution >= 4 is 5.97 Å². The number of aromatic amines is 1. The molecule has 2 rings (SSSR count). The maximum atomic E-state index is 11.6. The van der Waals surface area contributed by atoms with Crippen molar-refractivity contribution < 1.29 is 14.6 Å². The molecule has 2 heterocycles. The summed E-state index contributed by atoms with van der Waals surface area (Å²) < 4.78 is 5.70. The average molecular weight is 237 g/mol. The molecule has 0 bridgehead atoms. The van der Waals surface area contributed by atoms with Crippen LogP contribution in [0.4, 0.5) is 0 Å².